The molecule has 0 unspecified atom stereocenters. The SMILES string of the molecule is COc1cc2c(cc1N)CCN1C[C@@H](c3cc(C)ccn3)[C@H](NCc3ccccc3)C[C@H]21.Cl. The van der Waals surface area contributed by atoms with Crippen LogP contribution < -0.4 is 15.8 Å². The van der Waals surface area contributed by atoms with Crippen LogP contribution in [0.2, 0.25) is 0 Å². The number of aryl methyl sites for hydroxylation is 1. The summed E-state index contributed by atoms with van der Waals surface area (Å²) >= 11 is 0. The molecule has 1 saturated heterocycles. The number of nitrogen functional groups attached to an aromatic ring is 1. The summed E-state index contributed by atoms with van der Waals surface area (Å²) < 4.78 is 5.56. The molecular formula is C27H33ClN4O. The zero-order chi connectivity index (χ0) is 22.1. The van der Waals surface area contributed by atoms with Crippen molar-refractivity contribution >= 4 is 18.1 Å². The molecule has 0 aliphatic carbocycles. The molecule has 0 saturated carbocycles. The van der Waals surface area contributed by atoms with Gasteiger partial charge in [0.1, 0.15) is 5.75 Å². The third kappa shape index (κ3) is 4.86. The Morgan fingerprint density at radius 3 is 2.73 bits per heavy atom. The van der Waals surface area contributed by atoms with E-state index in [9.17, 15) is 0 Å². The summed E-state index contributed by atoms with van der Waals surface area (Å²) in [7, 11) is 1.70. The van der Waals surface area contributed by atoms with Crippen LogP contribution in [0.3, 0.4) is 0 Å². The number of rotatable bonds is 5. The molecule has 3 heterocycles. The average molecular weight is 465 g/mol. The Kier molecular flexibility index (Phi) is 7.23. The van der Waals surface area contributed by atoms with Crippen LogP contribution in [0.15, 0.2) is 60.8 Å². The number of pyridine rings is 1. The first-order chi connectivity index (χ1) is 15.6. The van der Waals surface area contributed by atoms with E-state index >= 15 is 0 Å². The normalized spacial score (nSPS) is 22.1. The second kappa shape index (κ2) is 10.1. The topological polar surface area (TPSA) is 63.4 Å². The van der Waals surface area contributed by atoms with Gasteiger partial charge >= 0.3 is 0 Å². The van der Waals surface area contributed by atoms with E-state index in [1.807, 2.05) is 6.20 Å². The van der Waals surface area contributed by atoms with Gasteiger partial charge in [-0.15, -0.1) is 12.4 Å². The Labute approximate surface area is 202 Å². The second-order valence-corrected chi connectivity index (χ2v) is 9.13. The average Bonchev–Trinajstić information content (AvgIpc) is 2.82. The zero-order valence-corrected chi connectivity index (χ0v) is 20.1. The van der Waals surface area contributed by atoms with E-state index in [2.05, 4.69) is 71.7 Å². The number of nitrogens with two attached hydrogens (primary N) is 1. The van der Waals surface area contributed by atoms with Crippen molar-refractivity contribution in [3.8, 4) is 5.75 Å². The molecule has 1 aromatic heterocycles. The van der Waals surface area contributed by atoms with Crippen LogP contribution in [0.4, 0.5) is 5.69 Å². The minimum atomic E-state index is 0. The Bertz CT molecular complexity index is 1090. The number of ether oxygens (including phenoxy) is 1. The number of hydrogen-bond acceptors (Lipinski definition) is 5. The highest BCUT2D eigenvalue weighted by Crippen LogP contribution is 2.43. The minimum absolute atomic E-state index is 0. The molecule has 174 valence electrons. The van der Waals surface area contributed by atoms with Crippen LogP contribution in [0.5, 0.6) is 5.75 Å². The summed E-state index contributed by atoms with van der Waals surface area (Å²) in [4.78, 5) is 7.42. The van der Waals surface area contributed by atoms with Crippen molar-refractivity contribution in [2.75, 3.05) is 25.9 Å². The fourth-order valence-corrected chi connectivity index (χ4v) is 5.39. The molecule has 0 spiro atoms. The van der Waals surface area contributed by atoms with E-state index in [0.717, 1.165) is 43.9 Å². The molecule has 3 N–H and O–H groups in total. The van der Waals surface area contributed by atoms with E-state index in [0.29, 0.717) is 18.0 Å². The van der Waals surface area contributed by atoms with Gasteiger partial charge in [-0.2, -0.15) is 0 Å². The third-order valence-electron chi connectivity index (χ3n) is 7.08. The maximum Gasteiger partial charge on any atom is 0.142 e. The number of aromatic nitrogens is 1. The van der Waals surface area contributed by atoms with Gasteiger partial charge in [-0.3, -0.25) is 9.88 Å². The maximum atomic E-state index is 6.22. The van der Waals surface area contributed by atoms with Crippen molar-refractivity contribution in [2.45, 2.75) is 44.3 Å². The number of benzene rings is 2. The quantitative estimate of drug-likeness (QED) is 0.538. The van der Waals surface area contributed by atoms with E-state index < -0.39 is 0 Å². The number of hydrogen-bond donors (Lipinski definition) is 2. The van der Waals surface area contributed by atoms with Crippen LogP contribution >= 0.6 is 12.4 Å². The van der Waals surface area contributed by atoms with Crippen LogP contribution in [0.1, 0.15) is 46.3 Å². The molecule has 5 rings (SSSR count). The number of anilines is 1. The lowest BCUT2D eigenvalue weighted by Crippen LogP contribution is -2.51. The van der Waals surface area contributed by atoms with Crippen molar-refractivity contribution < 1.29 is 4.74 Å². The summed E-state index contributed by atoms with van der Waals surface area (Å²) in [5.74, 6) is 1.13. The van der Waals surface area contributed by atoms with Crippen LogP contribution in [-0.2, 0) is 13.0 Å². The fourth-order valence-electron chi connectivity index (χ4n) is 5.39. The molecule has 1 fully saturated rings. The van der Waals surface area contributed by atoms with Gasteiger partial charge < -0.3 is 15.8 Å². The van der Waals surface area contributed by atoms with Crippen molar-refractivity contribution in [1.29, 1.82) is 0 Å². The minimum Gasteiger partial charge on any atom is -0.495 e. The number of fused-ring (bicyclic) bond motifs is 3. The number of nitrogens with zero attached hydrogens (tertiary/aromatic N) is 2. The van der Waals surface area contributed by atoms with Crippen LogP contribution in [0.25, 0.3) is 0 Å². The Hall–Kier alpha value is -2.60. The number of methoxy groups -OCH3 is 1. The lowest BCUT2D eigenvalue weighted by atomic mass is 9.79. The van der Waals surface area contributed by atoms with Crippen LogP contribution in [-0.4, -0.2) is 36.1 Å². The molecule has 0 bridgehead atoms. The van der Waals surface area contributed by atoms with Gasteiger partial charge in [0, 0.05) is 49.5 Å². The van der Waals surface area contributed by atoms with Gasteiger partial charge in [0.25, 0.3) is 0 Å². The van der Waals surface area contributed by atoms with E-state index in [4.69, 9.17) is 15.5 Å². The first-order valence-electron chi connectivity index (χ1n) is 11.5. The zero-order valence-electron chi connectivity index (χ0n) is 19.3. The molecule has 33 heavy (non-hydrogen) atoms. The number of halogens is 1. The van der Waals surface area contributed by atoms with Gasteiger partial charge in [-0.1, -0.05) is 30.3 Å². The van der Waals surface area contributed by atoms with Gasteiger partial charge in [0.2, 0.25) is 0 Å². The lowest BCUT2D eigenvalue weighted by Gasteiger charge is -2.47. The number of piperidine rings is 1. The van der Waals surface area contributed by atoms with Crippen molar-refractivity contribution in [2.24, 2.45) is 0 Å². The molecular weight excluding hydrogens is 432 g/mol. The van der Waals surface area contributed by atoms with E-state index in [1.54, 1.807) is 7.11 Å². The van der Waals surface area contributed by atoms with Crippen LogP contribution in [0, 0.1) is 6.92 Å². The Morgan fingerprint density at radius 1 is 1.15 bits per heavy atom. The molecule has 2 aromatic carbocycles. The van der Waals surface area contributed by atoms with Crippen molar-refractivity contribution in [3.63, 3.8) is 0 Å². The fraction of sp³-hybridized carbons (Fsp3) is 0.370. The highest BCUT2D eigenvalue weighted by molar-refractivity contribution is 5.85. The summed E-state index contributed by atoms with van der Waals surface area (Å²) in [6.45, 7) is 5.06. The van der Waals surface area contributed by atoms with Gasteiger partial charge in [-0.25, -0.2) is 0 Å². The molecule has 2 aliphatic rings. The number of nitrogens with one attached hydrogen (secondary N) is 1. The lowest BCUT2D eigenvalue weighted by molar-refractivity contribution is 0.0961. The predicted octanol–water partition coefficient (Wildman–Crippen LogP) is 4.65. The largest absolute Gasteiger partial charge is 0.495 e. The van der Waals surface area contributed by atoms with Crippen molar-refractivity contribution in [3.05, 3.63) is 88.7 Å². The Morgan fingerprint density at radius 2 is 1.97 bits per heavy atom. The summed E-state index contributed by atoms with van der Waals surface area (Å²) in [6.07, 6.45) is 4.01. The molecule has 2 aliphatic heterocycles. The molecule has 3 atom stereocenters. The van der Waals surface area contributed by atoms with E-state index in [-0.39, 0.29) is 12.4 Å². The summed E-state index contributed by atoms with van der Waals surface area (Å²) in [5.41, 5.74) is 13.4. The summed E-state index contributed by atoms with van der Waals surface area (Å²) in [5, 5.41) is 3.89. The van der Waals surface area contributed by atoms with Gasteiger partial charge in [0.05, 0.1) is 12.8 Å². The molecule has 0 amide bonds. The highest BCUT2D eigenvalue weighted by atomic mass is 35.5. The predicted molar refractivity (Wildman–Crippen MR) is 136 cm³/mol. The van der Waals surface area contributed by atoms with E-state index in [1.165, 1.54) is 27.9 Å². The molecule has 0 radical (unpaired) electrons. The van der Waals surface area contributed by atoms with Gasteiger partial charge in [0.15, 0.2) is 0 Å². The Balaban J connectivity index is 0.00000259. The third-order valence-corrected chi connectivity index (χ3v) is 7.08. The molecule has 6 heteroatoms. The smallest absolute Gasteiger partial charge is 0.142 e. The van der Waals surface area contributed by atoms with Crippen molar-refractivity contribution in [1.82, 2.24) is 15.2 Å². The maximum absolute atomic E-state index is 6.22. The monoisotopic (exact) mass is 464 g/mol. The second-order valence-electron chi connectivity index (χ2n) is 9.13. The highest BCUT2D eigenvalue weighted by Gasteiger charge is 2.40. The molecule has 3 aromatic rings. The first kappa shape index (κ1) is 23.6. The molecule has 5 nitrogen and oxygen atoms in total. The van der Waals surface area contributed by atoms with Gasteiger partial charge in [-0.05, 0) is 66.3 Å². The standard InChI is InChI=1S/C27H32N4O.ClH/c1-18-8-10-29-24(12-18)22-17-31-11-9-20-13-23(28)27(32-2)14-21(20)26(31)15-25(22)30-16-19-6-4-3-5-7-19;/h3-8,10,12-14,22,25-26,30H,9,11,15-17,28H2,1-2H3;1H/t22-,25+,26+;/m0./s1. The first-order valence-corrected chi connectivity index (χ1v) is 11.5. The summed E-state index contributed by atoms with van der Waals surface area (Å²) in [6, 6.07) is 20.0.